The number of anilines is 3. The first-order valence-electron chi connectivity index (χ1n) is 7.31. The SMILES string of the molecule is COCCOc1nc(N)c2c(n1)N(Cc1ccccc1)C(N)N2. The first-order valence-corrected chi connectivity index (χ1v) is 7.31. The van der Waals surface area contributed by atoms with Crippen LogP contribution in [0.3, 0.4) is 0 Å². The zero-order valence-corrected chi connectivity index (χ0v) is 12.9. The van der Waals surface area contributed by atoms with E-state index in [4.69, 9.17) is 20.9 Å². The minimum atomic E-state index is -0.420. The smallest absolute Gasteiger partial charge is 0.320 e. The Morgan fingerprint density at radius 2 is 2.00 bits per heavy atom. The molecule has 0 bridgehead atoms. The zero-order chi connectivity index (χ0) is 16.2. The first-order chi connectivity index (χ1) is 11.2. The van der Waals surface area contributed by atoms with Crippen molar-refractivity contribution in [1.29, 1.82) is 0 Å². The number of nitrogen functional groups attached to an aromatic ring is 1. The van der Waals surface area contributed by atoms with Crippen LogP contribution in [0.4, 0.5) is 17.3 Å². The Hall–Kier alpha value is -2.58. The lowest BCUT2D eigenvalue weighted by Crippen LogP contribution is -2.42. The molecule has 1 atom stereocenters. The summed E-state index contributed by atoms with van der Waals surface area (Å²) in [5.74, 6) is 0.953. The molecule has 8 heteroatoms. The Bertz CT molecular complexity index is 667. The Morgan fingerprint density at radius 1 is 1.22 bits per heavy atom. The largest absolute Gasteiger partial charge is 0.461 e. The summed E-state index contributed by atoms with van der Waals surface area (Å²) in [7, 11) is 1.60. The van der Waals surface area contributed by atoms with Gasteiger partial charge in [-0.15, -0.1) is 0 Å². The number of fused-ring (bicyclic) bond motifs is 1. The molecule has 0 saturated carbocycles. The lowest BCUT2D eigenvalue weighted by atomic mass is 10.2. The summed E-state index contributed by atoms with van der Waals surface area (Å²) in [4.78, 5) is 10.5. The third-order valence-electron chi connectivity index (χ3n) is 3.51. The molecular formula is C15H20N6O2. The number of aromatic nitrogens is 2. The van der Waals surface area contributed by atoms with E-state index in [0.717, 1.165) is 5.56 Å². The highest BCUT2D eigenvalue weighted by Crippen LogP contribution is 2.37. The van der Waals surface area contributed by atoms with Gasteiger partial charge in [-0.05, 0) is 5.56 Å². The summed E-state index contributed by atoms with van der Waals surface area (Å²) < 4.78 is 10.4. The molecule has 1 unspecified atom stereocenters. The van der Waals surface area contributed by atoms with Crippen LogP contribution in [0.1, 0.15) is 5.56 Å². The molecule has 1 aromatic carbocycles. The van der Waals surface area contributed by atoms with E-state index < -0.39 is 6.29 Å². The molecule has 0 amide bonds. The maximum Gasteiger partial charge on any atom is 0.320 e. The van der Waals surface area contributed by atoms with E-state index >= 15 is 0 Å². The lowest BCUT2D eigenvalue weighted by Gasteiger charge is -2.22. The molecule has 0 spiro atoms. The molecule has 0 saturated heterocycles. The number of ether oxygens (including phenoxy) is 2. The van der Waals surface area contributed by atoms with Crippen LogP contribution in [-0.2, 0) is 11.3 Å². The third kappa shape index (κ3) is 3.27. The number of hydrogen-bond donors (Lipinski definition) is 3. The van der Waals surface area contributed by atoms with Crippen molar-refractivity contribution in [3.05, 3.63) is 35.9 Å². The van der Waals surface area contributed by atoms with E-state index in [1.165, 1.54) is 0 Å². The number of nitrogens with zero attached hydrogens (tertiary/aromatic N) is 3. The van der Waals surface area contributed by atoms with E-state index in [1.54, 1.807) is 7.11 Å². The van der Waals surface area contributed by atoms with Gasteiger partial charge in [0.25, 0.3) is 0 Å². The van der Waals surface area contributed by atoms with E-state index in [2.05, 4.69) is 15.3 Å². The summed E-state index contributed by atoms with van der Waals surface area (Å²) in [6.07, 6.45) is -0.420. The van der Waals surface area contributed by atoms with E-state index in [9.17, 15) is 0 Å². The third-order valence-corrected chi connectivity index (χ3v) is 3.51. The number of rotatable bonds is 6. The number of benzene rings is 1. The summed E-state index contributed by atoms with van der Waals surface area (Å²) in [5.41, 5.74) is 13.9. The maximum atomic E-state index is 6.15. The van der Waals surface area contributed by atoms with Crippen LogP contribution in [0.5, 0.6) is 6.01 Å². The molecule has 2 aromatic rings. The van der Waals surface area contributed by atoms with E-state index in [0.29, 0.717) is 37.1 Å². The van der Waals surface area contributed by atoms with Gasteiger partial charge in [-0.3, -0.25) is 5.73 Å². The van der Waals surface area contributed by atoms with Crippen LogP contribution in [-0.4, -0.2) is 36.6 Å². The topological polar surface area (TPSA) is 112 Å². The molecule has 0 radical (unpaired) electrons. The fraction of sp³-hybridized carbons (Fsp3) is 0.333. The van der Waals surface area contributed by atoms with Gasteiger partial charge in [-0.2, -0.15) is 9.97 Å². The normalized spacial score (nSPS) is 16.1. The average molecular weight is 316 g/mol. The summed E-state index contributed by atoms with van der Waals surface area (Å²) >= 11 is 0. The summed E-state index contributed by atoms with van der Waals surface area (Å²) in [6, 6.07) is 10.2. The molecule has 122 valence electrons. The van der Waals surface area contributed by atoms with Crippen LogP contribution in [0.15, 0.2) is 30.3 Å². The fourth-order valence-electron chi connectivity index (χ4n) is 2.38. The standard InChI is InChI=1S/C15H20N6O2/c1-22-7-8-23-15-19-12(16)11-13(20-15)21(14(17)18-11)9-10-5-3-2-4-6-10/h2-6,14,18H,7-9,17H2,1H3,(H2,16,19,20). The van der Waals surface area contributed by atoms with Gasteiger partial charge < -0.3 is 25.4 Å². The van der Waals surface area contributed by atoms with Crippen LogP contribution in [0.2, 0.25) is 0 Å². The fourth-order valence-corrected chi connectivity index (χ4v) is 2.38. The Kier molecular flexibility index (Phi) is 4.45. The minimum Gasteiger partial charge on any atom is -0.461 e. The second kappa shape index (κ2) is 6.67. The van der Waals surface area contributed by atoms with E-state index in [-0.39, 0.29) is 6.01 Å². The number of hydrogen-bond acceptors (Lipinski definition) is 8. The van der Waals surface area contributed by atoms with Crippen LogP contribution in [0, 0.1) is 0 Å². The predicted molar refractivity (Wildman–Crippen MR) is 88.0 cm³/mol. The van der Waals surface area contributed by atoms with Crippen molar-refractivity contribution in [2.75, 3.05) is 36.3 Å². The van der Waals surface area contributed by atoms with Gasteiger partial charge in [0.1, 0.15) is 12.3 Å². The predicted octanol–water partition coefficient (Wildman–Crippen LogP) is 0.758. The number of nitrogens with two attached hydrogens (primary N) is 2. The molecule has 1 aliphatic heterocycles. The van der Waals surface area contributed by atoms with Gasteiger partial charge in [-0.25, -0.2) is 0 Å². The van der Waals surface area contributed by atoms with Crippen molar-refractivity contribution in [2.24, 2.45) is 5.73 Å². The summed E-state index contributed by atoms with van der Waals surface area (Å²) in [6.45, 7) is 1.41. The summed E-state index contributed by atoms with van der Waals surface area (Å²) in [5, 5.41) is 3.10. The van der Waals surface area contributed by atoms with Crippen LogP contribution >= 0.6 is 0 Å². The highest BCUT2D eigenvalue weighted by molar-refractivity contribution is 5.81. The van der Waals surface area contributed by atoms with E-state index in [1.807, 2.05) is 35.2 Å². The van der Waals surface area contributed by atoms with Crippen LogP contribution in [0.25, 0.3) is 0 Å². The Morgan fingerprint density at radius 3 is 2.74 bits per heavy atom. The number of nitrogens with one attached hydrogen (secondary N) is 1. The molecule has 0 aliphatic carbocycles. The molecule has 1 aromatic heterocycles. The van der Waals surface area contributed by atoms with Gasteiger partial charge in [0.2, 0.25) is 0 Å². The van der Waals surface area contributed by atoms with Gasteiger partial charge in [0.15, 0.2) is 17.9 Å². The molecule has 23 heavy (non-hydrogen) atoms. The second-order valence-electron chi connectivity index (χ2n) is 5.13. The average Bonchev–Trinajstić information content (AvgIpc) is 2.86. The lowest BCUT2D eigenvalue weighted by molar-refractivity contribution is 0.141. The molecule has 8 nitrogen and oxygen atoms in total. The first kappa shape index (κ1) is 15.3. The highest BCUT2D eigenvalue weighted by atomic mass is 16.5. The molecule has 3 rings (SSSR count). The van der Waals surface area contributed by atoms with Crippen molar-refractivity contribution < 1.29 is 9.47 Å². The van der Waals surface area contributed by atoms with Crippen LogP contribution < -0.4 is 26.4 Å². The van der Waals surface area contributed by atoms with Crippen molar-refractivity contribution in [3.8, 4) is 6.01 Å². The van der Waals surface area contributed by atoms with Gasteiger partial charge >= 0.3 is 6.01 Å². The monoisotopic (exact) mass is 316 g/mol. The van der Waals surface area contributed by atoms with Crippen molar-refractivity contribution >= 4 is 17.3 Å². The van der Waals surface area contributed by atoms with Gasteiger partial charge in [0, 0.05) is 13.7 Å². The van der Waals surface area contributed by atoms with Gasteiger partial charge in [-0.1, -0.05) is 30.3 Å². The number of methoxy groups -OCH3 is 1. The van der Waals surface area contributed by atoms with Crippen molar-refractivity contribution in [2.45, 2.75) is 12.8 Å². The van der Waals surface area contributed by atoms with Crippen molar-refractivity contribution in [1.82, 2.24) is 9.97 Å². The zero-order valence-electron chi connectivity index (χ0n) is 12.9. The molecule has 5 N–H and O–H groups in total. The molecule has 1 aliphatic rings. The Labute approximate surface area is 134 Å². The highest BCUT2D eigenvalue weighted by Gasteiger charge is 2.30. The minimum absolute atomic E-state index is 0.215. The Balaban J connectivity index is 1.84. The molecule has 2 heterocycles. The second-order valence-corrected chi connectivity index (χ2v) is 5.13. The maximum absolute atomic E-state index is 6.15. The molecular weight excluding hydrogens is 296 g/mol. The van der Waals surface area contributed by atoms with Crippen molar-refractivity contribution in [3.63, 3.8) is 0 Å². The molecule has 0 fully saturated rings. The van der Waals surface area contributed by atoms with Gasteiger partial charge in [0.05, 0.1) is 6.61 Å². The quantitative estimate of drug-likeness (QED) is 0.670.